The average Bonchev–Trinajstić information content (AvgIpc) is 2.36. The third-order valence-corrected chi connectivity index (χ3v) is 2.62. The number of hydrogen-bond acceptors (Lipinski definition) is 4. The molecule has 0 aromatic heterocycles. The van der Waals surface area contributed by atoms with E-state index in [0.717, 1.165) is 12.1 Å². The highest BCUT2D eigenvalue weighted by molar-refractivity contribution is 6.05. The number of carbonyl (C=O) groups excluding carboxylic acids is 3. The molecule has 0 aliphatic rings. The van der Waals surface area contributed by atoms with E-state index in [-0.39, 0.29) is 18.6 Å². The molecule has 0 saturated heterocycles. The maximum Gasteiger partial charge on any atom is 0.316 e. The summed E-state index contributed by atoms with van der Waals surface area (Å²) in [5.41, 5.74) is 0.261. The molecule has 1 aromatic carbocycles. The Morgan fingerprint density at radius 2 is 1.79 bits per heavy atom. The van der Waals surface area contributed by atoms with Crippen molar-refractivity contribution in [2.24, 2.45) is 5.92 Å². The summed E-state index contributed by atoms with van der Waals surface area (Å²) in [6.45, 7) is 3.00. The van der Waals surface area contributed by atoms with Gasteiger partial charge in [0.05, 0.1) is 6.61 Å². The molecule has 19 heavy (non-hydrogen) atoms. The number of esters is 1. The molecule has 0 spiro atoms. The van der Waals surface area contributed by atoms with Gasteiger partial charge in [0.2, 0.25) is 0 Å². The van der Waals surface area contributed by atoms with Crippen molar-refractivity contribution in [2.45, 2.75) is 20.3 Å². The van der Waals surface area contributed by atoms with Crippen LogP contribution in [0.15, 0.2) is 24.3 Å². The molecule has 1 rings (SSSR count). The van der Waals surface area contributed by atoms with Crippen molar-refractivity contribution in [1.82, 2.24) is 0 Å². The molecule has 1 aromatic rings. The Morgan fingerprint density at radius 1 is 1.21 bits per heavy atom. The largest absolute Gasteiger partial charge is 0.465 e. The van der Waals surface area contributed by atoms with E-state index in [1.54, 1.807) is 6.92 Å². The Morgan fingerprint density at radius 3 is 2.26 bits per heavy atom. The molecular weight excluding hydrogens is 251 g/mol. The van der Waals surface area contributed by atoms with Gasteiger partial charge in [-0.05, 0) is 38.1 Å². The Labute approximate surface area is 110 Å². The van der Waals surface area contributed by atoms with Crippen LogP contribution in [-0.4, -0.2) is 24.1 Å². The predicted octanol–water partition coefficient (Wildman–Crippen LogP) is 2.17. The zero-order chi connectivity index (χ0) is 14.4. The first-order chi connectivity index (χ1) is 8.95. The van der Waals surface area contributed by atoms with E-state index in [1.165, 1.54) is 19.1 Å². The highest BCUT2D eigenvalue weighted by atomic mass is 19.1. The van der Waals surface area contributed by atoms with Gasteiger partial charge in [0.25, 0.3) is 0 Å². The van der Waals surface area contributed by atoms with Gasteiger partial charge in [-0.15, -0.1) is 0 Å². The monoisotopic (exact) mass is 266 g/mol. The van der Waals surface area contributed by atoms with Crippen LogP contribution in [0.5, 0.6) is 0 Å². The fourth-order valence-corrected chi connectivity index (χ4v) is 1.57. The molecule has 0 heterocycles. The molecule has 0 unspecified atom stereocenters. The molecule has 0 saturated carbocycles. The molecule has 0 amide bonds. The highest BCUT2D eigenvalue weighted by Gasteiger charge is 2.27. The van der Waals surface area contributed by atoms with Crippen LogP contribution >= 0.6 is 0 Å². The molecule has 102 valence electrons. The summed E-state index contributed by atoms with van der Waals surface area (Å²) < 4.78 is 17.5. The predicted molar refractivity (Wildman–Crippen MR) is 66.2 cm³/mol. The lowest BCUT2D eigenvalue weighted by atomic mass is 9.95. The molecule has 0 fully saturated rings. The third kappa shape index (κ3) is 4.28. The number of hydrogen-bond donors (Lipinski definition) is 0. The second kappa shape index (κ2) is 6.78. The quantitative estimate of drug-likeness (QED) is 0.450. The van der Waals surface area contributed by atoms with Crippen molar-refractivity contribution >= 4 is 17.5 Å². The van der Waals surface area contributed by atoms with Gasteiger partial charge in [-0.2, -0.15) is 0 Å². The van der Waals surface area contributed by atoms with Crippen LogP contribution < -0.4 is 0 Å². The minimum absolute atomic E-state index is 0.146. The van der Waals surface area contributed by atoms with E-state index in [4.69, 9.17) is 4.74 Å². The zero-order valence-corrected chi connectivity index (χ0v) is 10.8. The second-order valence-corrected chi connectivity index (χ2v) is 4.05. The highest BCUT2D eigenvalue weighted by Crippen LogP contribution is 2.14. The fourth-order valence-electron chi connectivity index (χ4n) is 1.57. The minimum Gasteiger partial charge on any atom is -0.465 e. The van der Waals surface area contributed by atoms with Gasteiger partial charge in [0, 0.05) is 12.0 Å². The van der Waals surface area contributed by atoms with Crippen molar-refractivity contribution in [1.29, 1.82) is 0 Å². The lowest BCUT2D eigenvalue weighted by Crippen LogP contribution is -2.27. The first-order valence-electron chi connectivity index (χ1n) is 5.91. The molecule has 0 aliphatic carbocycles. The number of ether oxygens (including phenoxy) is 1. The topological polar surface area (TPSA) is 60.4 Å². The first kappa shape index (κ1) is 15.0. The maximum atomic E-state index is 12.7. The molecule has 0 bridgehead atoms. The molecule has 0 N–H and O–H groups in total. The van der Waals surface area contributed by atoms with Crippen LogP contribution in [-0.2, 0) is 14.3 Å². The first-order valence-corrected chi connectivity index (χ1v) is 5.91. The van der Waals surface area contributed by atoms with E-state index in [1.807, 2.05) is 0 Å². The van der Waals surface area contributed by atoms with Crippen LogP contribution in [0.3, 0.4) is 0 Å². The van der Waals surface area contributed by atoms with E-state index >= 15 is 0 Å². The Bertz CT molecular complexity index is 479. The van der Waals surface area contributed by atoms with Crippen LogP contribution in [0.4, 0.5) is 4.39 Å². The van der Waals surface area contributed by atoms with Gasteiger partial charge in [-0.25, -0.2) is 4.39 Å². The van der Waals surface area contributed by atoms with E-state index < -0.39 is 29.3 Å². The average molecular weight is 266 g/mol. The molecule has 0 aliphatic heterocycles. The van der Waals surface area contributed by atoms with Gasteiger partial charge in [0.1, 0.15) is 17.5 Å². The molecule has 0 radical (unpaired) electrons. The van der Waals surface area contributed by atoms with Crippen LogP contribution in [0.2, 0.25) is 0 Å². The van der Waals surface area contributed by atoms with Crippen molar-refractivity contribution in [2.75, 3.05) is 6.61 Å². The standard InChI is InChI=1S/C14H15FO4/c1-3-19-14(18)12(9(2)16)8-13(17)10-4-6-11(15)7-5-10/h4-7,12H,3,8H2,1-2H3/t12-/m0/s1. The lowest BCUT2D eigenvalue weighted by molar-refractivity contribution is -0.151. The summed E-state index contributed by atoms with van der Waals surface area (Å²) in [6.07, 6.45) is -0.264. The van der Waals surface area contributed by atoms with E-state index in [0.29, 0.717) is 0 Å². The number of Topliss-reactive ketones (excluding diaryl/α,β-unsaturated/α-hetero) is 2. The summed E-state index contributed by atoms with van der Waals surface area (Å²) in [4.78, 5) is 34.8. The molecular formula is C14H15FO4. The van der Waals surface area contributed by atoms with Crippen LogP contribution in [0.1, 0.15) is 30.6 Å². The Balaban J connectivity index is 2.79. The van der Waals surface area contributed by atoms with Gasteiger partial charge in [-0.3, -0.25) is 14.4 Å². The maximum absolute atomic E-state index is 12.7. The summed E-state index contributed by atoms with van der Waals surface area (Å²) in [5, 5.41) is 0. The summed E-state index contributed by atoms with van der Waals surface area (Å²) in [5.74, 6) is -3.07. The van der Waals surface area contributed by atoms with Crippen LogP contribution in [0.25, 0.3) is 0 Å². The van der Waals surface area contributed by atoms with Gasteiger partial charge >= 0.3 is 5.97 Å². The SMILES string of the molecule is CCOC(=O)[C@@H](CC(=O)c1ccc(F)cc1)C(C)=O. The van der Waals surface area contributed by atoms with Gasteiger partial charge < -0.3 is 4.74 Å². The lowest BCUT2D eigenvalue weighted by Gasteiger charge is -2.11. The number of ketones is 2. The van der Waals surface area contributed by atoms with Crippen LogP contribution in [0, 0.1) is 11.7 Å². The van der Waals surface area contributed by atoms with Gasteiger partial charge in [-0.1, -0.05) is 0 Å². The summed E-state index contributed by atoms with van der Waals surface area (Å²) >= 11 is 0. The molecule has 4 nitrogen and oxygen atoms in total. The normalized spacial score (nSPS) is 11.7. The van der Waals surface area contributed by atoms with Crippen molar-refractivity contribution in [3.8, 4) is 0 Å². The Hall–Kier alpha value is -2.04. The number of rotatable bonds is 6. The minimum atomic E-state index is -1.10. The van der Waals surface area contributed by atoms with Crippen molar-refractivity contribution in [3.05, 3.63) is 35.6 Å². The zero-order valence-electron chi connectivity index (χ0n) is 10.8. The smallest absolute Gasteiger partial charge is 0.316 e. The van der Waals surface area contributed by atoms with Gasteiger partial charge in [0.15, 0.2) is 5.78 Å². The van der Waals surface area contributed by atoms with E-state index in [9.17, 15) is 18.8 Å². The Kier molecular flexibility index (Phi) is 5.36. The number of carbonyl (C=O) groups is 3. The second-order valence-electron chi connectivity index (χ2n) is 4.05. The summed E-state index contributed by atoms with van der Waals surface area (Å²) in [6, 6.07) is 4.95. The molecule has 5 heteroatoms. The summed E-state index contributed by atoms with van der Waals surface area (Å²) in [7, 11) is 0. The number of benzene rings is 1. The van der Waals surface area contributed by atoms with Crippen molar-refractivity contribution in [3.63, 3.8) is 0 Å². The third-order valence-electron chi connectivity index (χ3n) is 2.62. The molecule has 1 atom stereocenters. The fraction of sp³-hybridized carbons (Fsp3) is 0.357. The van der Waals surface area contributed by atoms with Crippen molar-refractivity contribution < 1.29 is 23.5 Å². The number of halogens is 1. The van der Waals surface area contributed by atoms with E-state index in [2.05, 4.69) is 0 Å².